The van der Waals surface area contributed by atoms with Crippen LogP contribution in [0.15, 0.2) is 24.3 Å². The molecule has 1 fully saturated rings. The second-order valence-electron chi connectivity index (χ2n) is 8.39. The maximum Gasteiger partial charge on any atom is 0.178 e. The average Bonchev–Trinajstić information content (AvgIpc) is 3.35. The highest BCUT2D eigenvalue weighted by molar-refractivity contribution is 6.06. The van der Waals surface area contributed by atoms with E-state index in [0.717, 1.165) is 16.9 Å². The van der Waals surface area contributed by atoms with E-state index in [1.165, 1.54) is 0 Å². The lowest BCUT2D eigenvalue weighted by Crippen LogP contribution is -2.43. The predicted octanol–water partition coefficient (Wildman–Crippen LogP) is 2.92. The molecule has 0 unspecified atom stereocenters. The average molecular weight is 410 g/mol. The fourth-order valence-corrected chi connectivity index (χ4v) is 4.71. The van der Waals surface area contributed by atoms with Crippen molar-refractivity contribution in [3.05, 3.63) is 41.0 Å². The third-order valence-corrected chi connectivity index (χ3v) is 6.60. The summed E-state index contributed by atoms with van der Waals surface area (Å²) in [4.78, 5) is 13.6. The van der Waals surface area contributed by atoms with Crippen molar-refractivity contribution in [2.24, 2.45) is 0 Å². The first-order valence-electron chi connectivity index (χ1n) is 10.1. The molecule has 7 nitrogen and oxygen atoms in total. The fourth-order valence-electron chi connectivity index (χ4n) is 4.71. The van der Waals surface area contributed by atoms with Crippen LogP contribution in [0.1, 0.15) is 34.3 Å². The molecule has 156 valence electrons. The van der Waals surface area contributed by atoms with E-state index in [2.05, 4.69) is 0 Å². The smallest absolute Gasteiger partial charge is 0.178 e. The number of rotatable bonds is 3. The summed E-state index contributed by atoms with van der Waals surface area (Å²) in [5, 5.41) is 0. The Labute approximate surface area is 173 Å². The number of benzene rings is 2. The van der Waals surface area contributed by atoms with Crippen LogP contribution in [0.5, 0.6) is 28.7 Å². The largest absolute Gasteiger partial charge is 0.493 e. The van der Waals surface area contributed by atoms with E-state index < -0.39 is 12.0 Å². The number of hydrogen-bond acceptors (Lipinski definition) is 7. The molecule has 4 aliphatic heterocycles. The number of methoxy groups -OCH3 is 2. The van der Waals surface area contributed by atoms with Gasteiger partial charge in [0.2, 0.25) is 0 Å². The van der Waals surface area contributed by atoms with Crippen LogP contribution in [-0.4, -0.2) is 51.0 Å². The summed E-state index contributed by atoms with van der Waals surface area (Å²) in [5.41, 5.74) is 2.03. The summed E-state index contributed by atoms with van der Waals surface area (Å²) in [6.07, 6.45) is 0.201. The highest BCUT2D eigenvalue weighted by atomic mass is 16.6. The standard InChI is InChI=1S/C23H22O7/c1-23(10-28-23)19-7-13-14(29-19)5-4-11-21(24)20-12-6-16(25-2)17(26-3)8-15(12)27-9-18(20)30-22(11)13/h4-6,8,18-20H,7,9-10H2,1-3H3/t18-,19-,20+,23+/m1/s1. The Morgan fingerprint density at radius 1 is 1.07 bits per heavy atom. The molecule has 4 aliphatic rings. The second kappa shape index (κ2) is 6.04. The van der Waals surface area contributed by atoms with E-state index in [9.17, 15) is 4.79 Å². The summed E-state index contributed by atoms with van der Waals surface area (Å²) < 4.78 is 34.8. The van der Waals surface area contributed by atoms with E-state index in [4.69, 9.17) is 28.4 Å². The number of fused-ring (bicyclic) bond motifs is 6. The minimum atomic E-state index is -0.457. The normalized spacial score (nSPS) is 30.0. The van der Waals surface area contributed by atoms with Crippen LogP contribution < -0.4 is 23.7 Å². The van der Waals surface area contributed by atoms with Gasteiger partial charge in [0.25, 0.3) is 0 Å². The molecule has 1 saturated heterocycles. The molecule has 6 rings (SSSR count). The SMILES string of the molecule is COc1cc2c(cc1OC)[C@@H]1C(=O)c3ccc4c(c3O[C@@H]1CO2)C[C@H]([C@]1(C)CO1)O4. The van der Waals surface area contributed by atoms with Crippen LogP contribution in [0.2, 0.25) is 0 Å². The van der Waals surface area contributed by atoms with Crippen LogP contribution in [0.4, 0.5) is 0 Å². The van der Waals surface area contributed by atoms with Crippen LogP contribution in [0.3, 0.4) is 0 Å². The lowest BCUT2D eigenvalue weighted by Gasteiger charge is -2.37. The van der Waals surface area contributed by atoms with Gasteiger partial charge in [-0.05, 0) is 25.1 Å². The van der Waals surface area contributed by atoms with Crippen molar-refractivity contribution in [3.63, 3.8) is 0 Å². The molecule has 0 bridgehead atoms. The summed E-state index contributed by atoms with van der Waals surface area (Å²) in [6, 6.07) is 7.26. The van der Waals surface area contributed by atoms with Crippen LogP contribution in [-0.2, 0) is 11.2 Å². The predicted molar refractivity (Wildman–Crippen MR) is 105 cm³/mol. The van der Waals surface area contributed by atoms with E-state index >= 15 is 0 Å². The Morgan fingerprint density at radius 2 is 1.83 bits per heavy atom. The van der Waals surface area contributed by atoms with E-state index in [0.29, 0.717) is 41.6 Å². The first kappa shape index (κ1) is 17.9. The number of Topliss-reactive ketones (excluding diaryl/α,β-unsaturated/α-hetero) is 1. The summed E-state index contributed by atoms with van der Waals surface area (Å²) in [5.74, 6) is 2.71. The van der Waals surface area contributed by atoms with E-state index in [1.807, 2.05) is 19.1 Å². The van der Waals surface area contributed by atoms with Crippen molar-refractivity contribution in [3.8, 4) is 28.7 Å². The van der Waals surface area contributed by atoms with Crippen molar-refractivity contribution in [1.82, 2.24) is 0 Å². The summed E-state index contributed by atoms with van der Waals surface area (Å²) in [6.45, 7) is 3.02. The molecule has 0 amide bonds. The second-order valence-corrected chi connectivity index (χ2v) is 8.39. The molecular weight excluding hydrogens is 388 g/mol. The van der Waals surface area contributed by atoms with Gasteiger partial charge >= 0.3 is 0 Å². The molecule has 4 atom stereocenters. The van der Waals surface area contributed by atoms with Crippen LogP contribution in [0, 0.1) is 0 Å². The summed E-state index contributed by atoms with van der Waals surface area (Å²) >= 11 is 0. The zero-order valence-electron chi connectivity index (χ0n) is 17.0. The van der Waals surface area contributed by atoms with Crippen LogP contribution in [0.25, 0.3) is 0 Å². The number of carbonyl (C=O) groups excluding carboxylic acids is 1. The molecule has 0 radical (unpaired) electrons. The zero-order valence-corrected chi connectivity index (χ0v) is 17.0. The third kappa shape index (κ3) is 2.38. The Kier molecular flexibility index (Phi) is 3.60. The Balaban J connectivity index is 1.41. The molecule has 2 aromatic rings. The lowest BCUT2D eigenvalue weighted by atomic mass is 9.81. The van der Waals surface area contributed by atoms with Crippen molar-refractivity contribution in [1.29, 1.82) is 0 Å². The van der Waals surface area contributed by atoms with Gasteiger partial charge in [-0.2, -0.15) is 0 Å². The lowest BCUT2D eigenvalue weighted by molar-refractivity contribution is 0.0554. The quantitative estimate of drug-likeness (QED) is 0.720. The Bertz CT molecular complexity index is 1070. The molecule has 2 aromatic carbocycles. The third-order valence-electron chi connectivity index (χ3n) is 6.60. The molecular formula is C23H22O7. The number of epoxide rings is 1. The van der Waals surface area contributed by atoms with Gasteiger partial charge in [0.15, 0.2) is 17.3 Å². The van der Waals surface area contributed by atoms with Crippen LogP contribution >= 0.6 is 0 Å². The van der Waals surface area contributed by atoms with Gasteiger partial charge < -0.3 is 28.4 Å². The Hall–Kier alpha value is -2.93. The fraction of sp³-hybridized carbons (Fsp3) is 0.435. The van der Waals surface area contributed by atoms with Crippen molar-refractivity contribution >= 4 is 5.78 Å². The molecule has 4 heterocycles. The molecule has 0 N–H and O–H groups in total. The zero-order chi connectivity index (χ0) is 20.6. The van der Waals surface area contributed by atoms with E-state index in [1.54, 1.807) is 26.4 Å². The minimum absolute atomic E-state index is 0.0261. The first-order chi connectivity index (χ1) is 14.5. The molecule has 30 heavy (non-hydrogen) atoms. The molecule has 0 aromatic heterocycles. The highest BCUT2D eigenvalue weighted by Gasteiger charge is 2.53. The number of ether oxygens (including phenoxy) is 6. The van der Waals surface area contributed by atoms with Gasteiger partial charge in [-0.3, -0.25) is 4.79 Å². The van der Waals surface area contributed by atoms with Gasteiger partial charge in [0.1, 0.15) is 41.7 Å². The van der Waals surface area contributed by atoms with Gasteiger partial charge in [0, 0.05) is 23.6 Å². The maximum absolute atomic E-state index is 13.6. The van der Waals surface area contributed by atoms with Gasteiger partial charge in [0.05, 0.1) is 32.3 Å². The topological polar surface area (TPSA) is 75.8 Å². The van der Waals surface area contributed by atoms with Crippen molar-refractivity contribution in [2.75, 3.05) is 27.4 Å². The summed E-state index contributed by atoms with van der Waals surface area (Å²) in [7, 11) is 3.15. The number of hydrogen-bond donors (Lipinski definition) is 0. The number of carbonyl (C=O) groups is 1. The highest BCUT2D eigenvalue weighted by Crippen LogP contribution is 2.51. The molecule has 0 saturated carbocycles. The van der Waals surface area contributed by atoms with Gasteiger partial charge in [-0.15, -0.1) is 0 Å². The monoisotopic (exact) mass is 410 g/mol. The Morgan fingerprint density at radius 3 is 2.57 bits per heavy atom. The van der Waals surface area contributed by atoms with Gasteiger partial charge in [-0.1, -0.05) is 0 Å². The minimum Gasteiger partial charge on any atom is -0.493 e. The van der Waals surface area contributed by atoms with Gasteiger partial charge in [-0.25, -0.2) is 0 Å². The molecule has 7 heteroatoms. The first-order valence-corrected chi connectivity index (χ1v) is 10.1. The van der Waals surface area contributed by atoms with Crippen molar-refractivity contribution in [2.45, 2.75) is 37.1 Å². The maximum atomic E-state index is 13.6. The van der Waals surface area contributed by atoms with Crippen molar-refractivity contribution < 1.29 is 33.2 Å². The number of ketones is 1. The molecule has 0 spiro atoms. The molecule has 0 aliphatic carbocycles. The van der Waals surface area contributed by atoms with E-state index in [-0.39, 0.29) is 24.1 Å².